The van der Waals surface area contributed by atoms with Crippen LogP contribution in [0.15, 0.2) is 24.3 Å². The number of hydrogen-bond acceptors (Lipinski definition) is 2. The molecule has 1 aliphatic rings. The number of fused-ring (bicyclic) bond motifs is 1. The van der Waals surface area contributed by atoms with Crippen LogP contribution in [0.5, 0.6) is 0 Å². The maximum Gasteiger partial charge on any atom is 0.311 e. The second kappa shape index (κ2) is 3.26. The van der Waals surface area contributed by atoms with Gasteiger partial charge in [-0.3, -0.25) is 4.79 Å². The summed E-state index contributed by atoms with van der Waals surface area (Å²) in [6.45, 7) is 3.53. The van der Waals surface area contributed by atoms with E-state index in [1.54, 1.807) is 13.8 Å². The lowest BCUT2D eigenvalue weighted by Crippen LogP contribution is -2.41. The first kappa shape index (κ1) is 10.0. The lowest BCUT2D eigenvalue weighted by atomic mass is 9.83. The average molecular weight is 205 g/mol. The summed E-state index contributed by atoms with van der Waals surface area (Å²) in [5.41, 5.74) is 1.53. The van der Waals surface area contributed by atoms with E-state index in [0.29, 0.717) is 0 Å². The van der Waals surface area contributed by atoms with Crippen molar-refractivity contribution in [3.05, 3.63) is 29.8 Å². The van der Waals surface area contributed by atoms with Crippen LogP contribution in [0.1, 0.15) is 19.4 Å². The SMILES string of the molecule is CC(C)(C(=O)O)C1Cc2ccccc2N1. The molecule has 0 spiro atoms. The minimum absolute atomic E-state index is 0.0209. The van der Waals surface area contributed by atoms with Crippen LogP contribution < -0.4 is 5.32 Å². The number of carboxylic acids is 1. The number of hydrogen-bond donors (Lipinski definition) is 2. The van der Waals surface area contributed by atoms with Gasteiger partial charge in [-0.2, -0.15) is 0 Å². The minimum Gasteiger partial charge on any atom is -0.481 e. The highest BCUT2D eigenvalue weighted by Crippen LogP contribution is 2.34. The monoisotopic (exact) mass is 205 g/mol. The number of para-hydroxylation sites is 1. The molecule has 1 atom stereocenters. The molecule has 0 bridgehead atoms. The molecule has 15 heavy (non-hydrogen) atoms. The second-order valence-corrected chi connectivity index (χ2v) is 4.59. The molecule has 1 heterocycles. The maximum absolute atomic E-state index is 11.1. The summed E-state index contributed by atoms with van der Waals surface area (Å²) in [5.74, 6) is -0.757. The van der Waals surface area contributed by atoms with Crippen LogP contribution in [-0.4, -0.2) is 17.1 Å². The van der Waals surface area contributed by atoms with E-state index in [9.17, 15) is 4.79 Å². The Balaban J connectivity index is 2.24. The zero-order valence-corrected chi connectivity index (χ0v) is 8.95. The Morgan fingerprint density at radius 2 is 2.13 bits per heavy atom. The van der Waals surface area contributed by atoms with Crippen molar-refractivity contribution < 1.29 is 9.90 Å². The van der Waals surface area contributed by atoms with Gasteiger partial charge in [-0.15, -0.1) is 0 Å². The van der Waals surface area contributed by atoms with Crippen molar-refractivity contribution in [2.75, 3.05) is 5.32 Å². The fraction of sp³-hybridized carbons (Fsp3) is 0.417. The molecule has 1 unspecified atom stereocenters. The highest BCUT2D eigenvalue weighted by molar-refractivity contribution is 5.76. The van der Waals surface area contributed by atoms with Crippen LogP contribution in [0.3, 0.4) is 0 Å². The summed E-state index contributed by atoms with van der Waals surface area (Å²) in [4.78, 5) is 11.1. The van der Waals surface area contributed by atoms with Crippen molar-refractivity contribution in [3.63, 3.8) is 0 Å². The fourth-order valence-electron chi connectivity index (χ4n) is 1.88. The van der Waals surface area contributed by atoms with Crippen LogP contribution in [0.4, 0.5) is 5.69 Å². The summed E-state index contributed by atoms with van der Waals surface area (Å²) in [6, 6.07) is 7.96. The van der Waals surface area contributed by atoms with Crippen molar-refractivity contribution in [2.24, 2.45) is 5.41 Å². The van der Waals surface area contributed by atoms with E-state index in [1.807, 2.05) is 24.3 Å². The van der Waals surface area contributed by atoms with Crippen LogP contribution in [0, 0.1) is 5.41 Å². The first-order valence-electron chi connectivity index (χ1n) is 5.09. The lowest BCUT2D eigenvalue weighted by molar-refractivity contribution is -0.147. The molecule has 0 saturated carbocycles. The summed E-state index contributed by atoms with van der Waals surface area (Å²) in [7, 11) is 0. The molecule has 0 saturated heterocycles. The van der Waals surface area contributed by atoms with Crippen LogP contribution in [-0.2, 0) is 11.2 Å². The Morgan fingerprint density at radius 1 is 1.47 bits per heavy atom. The molecular formula is C12H15NO2. The van der Waals surface area contributed by atoms with Gasteiger partial charge in [-0.1, -0.05) is 18.2 Å². The Bertz CT molecular complexity index is 373. The smallest absolute Gasteiger partial charge is 0.311 e. The van der Waals surface area contributed by atoms with Crippen LogP contribution in [0.2, 0.25) is 0 Å². The third-order valence-electron chi connectivity index (χ3n) is 3.19. The molecule has 0 aliphatic carbocycles. The topological polar surface area (TPSA) is 49.3 Å². The Morgan fingerprint density at radius 3 is 2.73 bits per heavy atom. The molecule has 0 fully saturated rings. The molecule has 0 radical (unpaired) electrons. The standard InChI is InChI=1S/C12H15NO2/c1-12(2,11(14)15)10-7-8-5-3-4-6-9(8)13-10/h3-6,10,13H,7H2,1-2H3,(H,14,15). The lowest BCUT2D eigenvalue weighted by Gasteiger charge is -2.27. The Hall–Kier alpha value is -1.51. The summed E-state index contributed by atoms with van der Waals surface area (Å²) < 4.78 is 0. The zero-order chi connectivity index (χ0) is 11.1. The predicted octanol–water partition coefficient (Wildman–Crippen LogP) is 2.13. The molecule has 3 nitrogen and oxygen atoms in total. The van der Waals surface area contributed by atoms with Gasteiger partial charge in [0.2, 0.25) is 0 Å². The van der Waals surface area contributed by atoms with E-state index in [0.717, 1.165) is 12.1 Å². The first-order chi connectivity index (χ1) is 7.01. The van der Waals surface area contributed by atoms with Crippen LogP contribution >= 0.6 is 0 Å². The molecule has 2 rings (SSSR count). The number of aliphatic carboxylic acids is 1. The molecule has 1 aromatic rings. The van der Waals surface area contributed by atoms with Gasteiger partial charge in [-0.25, -0.2) is 0 Å². The number of nitrogens with one attached hydrogen (secondary N) is 1. The summed E-state index contributed by atoms with van der Waals surface area (Å²) >= 11 is 0. The van der Waals surface area contributed by atoms with Crippen molar-refractivity contribution >= 4 is 11.7 Å². The van der Waals surface area contributed by atoms with E-state index in [2.05, 4.69) is 5.32 Å². The number of benzene rings is 1. The number of carbonyl (C=O) groups is 1. The number of anilines is 1. The molecule has 80 valence electrons. The van der Waals surface area contributed by atoms with E-state index in [4.69, 9.17) is 5.11 Å². The van der Waals surface area contributed by atoms with Crippen LogP contribution in [0.25, 0.3) is 0 Å². The molecular weight excluding hydrogens is 190 g/mol. The van der Waals surface area contributed by atoms with E-state index >= 15 is 0 Å². The zero-order valence-electron chi connectivity index (χ0n) is 8.95. The van der Waals surface area contributed by atoms with Crippen molar-refractivity contribution in [2.45, 2.75) is 26.3 Å². The first-order valence-corrected chi connectivity index (χ1v) is 5.09. The maximum atomic E-state index is 11.1. The molecule has 2 N–H and O–H groups in total. The highest BCUT2D eigenvalue weighted by Gasteiger charge is 2.39. The van der Waals surface area contributed by atoms with Crippen molar-refractivity contribution in [1.82, 2.24) is 0 Å². The van der Waals surface area contributed by atoms with Crippen molar-refractivity contribution in [1.29, 1.82) is 0 Å². The summed E-state index contributed by atoms with van der Waals surface area (Å²) in [5, 5.41) is 12.4. The van der Waals surface area contributed by atoms with Gasteiger partial charge < -0.3 is 10.4 Å². The molecule has 0 amide bonds. The predicted molar refractivity (Wildman–Crippen MR) is 59.0 cm³/mol. The van der Waals surface area contributed by atoms with E-state index < -0.39 is 11.4 Å². The molecule has 1 aromatic carbocycles. The Labute approximate surface area is 89.1 Å². The molecule has 0 aromatic heterocycles. The van der Waals surface area contributed by atoms with Gasteiger partial charge in [-0.05, 0) is 31.9 Å². The third kappa shape index (κ3) is 1.58. The van der Waals surface area contributed by atoms with Crippen molar-refractivity contribution in [3.8, 4) is 0 Å². The minimum atomic E-state index is -0.757. The largest absolute Gasteiger partial charge is 0.481 e. The van der Waals surface area contributed by atoms with Gasteiger partial charge in [0.25, 0.3) is 0 Å². The van der Waals surface area contributed by atoms with Gasteiger partial charge in [0, 0.05) is 11.7 Å². The summed E-state index contributed by atoms with van der Waals surface area (Å²) in [6.07, 6.45) is 0.787. The van der Waals surface area contributed by atoms with Gasteiger partial charge in [0.1, 0.15) is 0 Å². The molecule has 1 aliphatic heterocycles. The van der Waals surface area contributed by atoms with E-state index in [1.165, 1.54) is 5.56 Å². The Kier molecular flexibility index (Phi) is 2.18. The van der Waals surface area contributed by atoms with Gasteiger partial charge in [0.05, 0.1) is 5.41 Å². The van der Waals surface area contributed by atoms with Gasteiger partial charge >= 0.3 is 5.97 Å². The second-order valence-electron chi connectivity index (χ2n) is 4.59. The average Bonchev–Trinajstić information content (AvgIpc) is 2.61. The van der Waals surface area contributed by atoms with Gasteiger partial charge in [0.15, 0.2) is 0 Å². The quantitative estimate of drug-likeness (QED) is 0.777. The fourth-order valence-corrected chi connectivity index (χ4v) is 1.88. The number of rotatable bonds is 2. The number of carboxylic acid groups (broad SMARTS) is 1. The molecule has 3 heteroatoms. The van der Waals surface area contributed by atoms with E-state index in [-0.39, 0.29) is 6.04 Å². The highest BCUT2D eigenvalue weighted by atomic mass is 16.4. The normalized spacial score (nSPS) is 19.5. The third-order valence-corrected chi connectivity index (χ3v) is 3.19.